The fourth-order valence-corrected chi connectivity index (χ4v) is 7.55. The Morgan fingerprint density at radius 1 is 0.717 bits per heavy atom. The van der Waals surface area contributed by atoms with Crippen LogP contribution in [0.4, 0.5) is 45.2 Å². The number of phenolic OH excluding ortho intramolecular Hbond substituents is 1. The van der Waals surface area contributed by atoms with Crippen molar-refractivity contribution >= 4 is 21.6 Å². The molecule has 18 heteroatoms. The quantitative estimate of drug-likeness (QED) is 0.0648. The fraction of sp³-hybridized carbons (Fsp3) is 0.286. The molecule has 1 fully saturated rings. The van der Waals surface area contributed by atoms with Gasteiger partial charge in [-0.2, -0.15) is 4.31 Å². The van der Waals surface area contributed by atoms with Gasteiger partial charge in [0, 0.05) is 35.5 Å². The number of nitrogens with zero attached hydrogens (tertiary/aromatic N) is 2. The van der Waals surface area contributed by atoms with Crippen LogP contribution in [0.3, 0.4) is 0 Å². The van der Waals surface area contributed by atoms with E-state index >= 15 is 0 Å². The number of hydrogen-bond acceptors (Lipinski definition) is 6. The van der Waals surface area contributed by atoms with Gasteiger partial charge in [0.25, 0.3) is 0 Å². The van der Waals surface area contributed by atoms with Gasteiger partial charge in [-0.3, -0.25) is 4.79 Å². The zero-order valence-electron chi connectivity index (χ0n) is 27.2. The number of carbonyl (C=O) groups is 1. The maximum atomic E-state index is 14.9. The van der Waals surface area contributed by atoms with Crippen molar-refractivity contribution in [3.8, 4) is 5.75 Å². The molecule has 8 nitrogen and oxygen atoms in total. The summed E-state index contributed by atoms with van der Waals surface area (Å²) in [5.41, 5.74) is -0.950. The minimum absolute atomic E-state index is 0.206. The van der Waals surface area contributed by atoms with Gasteiger partial charge >= 0.3 is 0 Å². The summed E-state index contributed by atoms with van der Waals surface area (Å²) < 4.78 is 156. The van der Waals surface area contributed by atoms with Crippen LogP contribution in [-0.4, -0.2) is 40.5 Å². The smallest absolute Gasteiger partial charge is 0.249 e. The maximum absolute atomic E-state index is 14.9. The molecular formula is C35H29F9N2O6S. The molecule has 1 amide bonds. The Balaban J connectivity index is 1.61. The molecule has 284 valence electrons. The summed E-state index contributed by atoms with van der Waals surface area (Å²) in [5, 5.41) is 29.5. The molecule has 4 aromatic carbocycles. The van der Waals surface area contributed by atoms with Crippen molar-refractivity contribution in [3.05, 3.63) is 123 Å². The molecule has 0 atom stereocenters. The number of anilines is 1. The summed E-state index contributed by atoms with van der Waals surface area (Å²) in [6, 6.07) is 9.48. The molecule has 0 saturated heterocycles. The van der Waals surface area contributed by atoms with E-state index in [4.69, 9.17) is 0 Å². The van der Waals surface area contributed by atoms with Crippen LogP contribution in [0.15, 0.2) is 53.4 Å². The largest absolute Gasteiger partial charge is 0.507 e. The molecule has 4 aromatic rings. The molecule has 3 N–H and O–H groups in total. The van der Waals surface area contributed by atoms with Crippen molar-refractivity contribution in [2.24, 2.45) is 0 Å². The highest BCUT2D eigenvalue weighted by atomic mass is 32.2. The lowest BCUT2D eigenvalue weighted by atomic mass is 9.84. The van der Waals surface area contributed by atoms with Gasteiger partial charge in [-0.1, -0.05) is 43.5 Å². The van der Waals surface area contributed by atoms with E-state index in [1.54, 1.807) is 24.3 Å². The number of aliphatic hydroxyl groups excluding tert-OH is 1. The summed E-state index contributed by atoms with van der Waals surface area (Å²) in [6.45, 7) is -3.99. The van der Waals surface area contributed by atoms with Crippen LogP contribution >= 0.6 is 0 Å². The van der Waals surface area contributed by atoms with E-state index in [-0.39, 0.29) is 17.7 Å². The number of halogens is 9. The number of amides is 1. The van der Waals surface area contributed by atoms with Gasteiger partial charge in [0.1, 0.15) is 11.6 Å². The van der Waals surface area contributed by atoms with Gasteiger partial charge in [0.15, 0.2) is 51.9 Å². The fourth-order valence-electron chi connectivity index (χ4n) is 6.08. The molecule has 0 unspecified atom stereocenters. The standard InChI is InChI=1S/C35H29F9N2O6S/c36-23-13-24(37)28(39)27(38)22(23)15-45(53(51,52)34-32(43)30(41)29(40)31(42)33(34)44)16-26(48)46(20-10-11-21(35(49)50)25(47)12-20)14-17-6-8-19(9-7-17)18-4-2-1-3-5-18/h6-13,18,35,47,49-50H,1-5,14-16H2. The maximum Gasteiger partial charge on any atom is 0.249 e. The third-order valence-corrected chi connectivity index (χ3v) is 10.7. The molecule has 0 aliphatic heterocycles. The minimum atomic E-state index is -6.18. The number of hydrogen-bond donors (Lipinski definition) is 3. The molecule has 1 saturated carbocycles. The lowest BCUT2D eigenvalue weighted by Crippen LogP contribution is -2.43. The number of aliphatic hydroxyl groups is 2. The molecule has 1 aliphatic carbocycles. The second-order valence-electron chi connectivity index (χ2n) is 12.3. The molecule has 0 bridgehead atoms. The first-order valence-electron chi connectivity index (χ1n) is 15.9. The number of benzene rings is 4. The van der Waals surface area contributed by atoms with Crippen LogP contribution in [0.25, 0.3) is 0 Å². The normalized spacial score (nSPS) is 14.0. The van der Waals surface area contributed by atoms with Gasteiger partial charge in [-0.25, -0.2) is 47.9 Å². The lowest BCUT2D eigenvalue weighted by molar-refractivity contribution is -0.119. The van der Waals surface area contributed by atoms with E-state index in [2.05, 4.69) is 0 Å². The number of carbonyl (C=O) groups excluding carboxylic acids is 1. The number of rotatable bonds is 11. The molecule has 0 spiro atoms. The monoisotopic (exact) mass is 776 g/mol. The summed E-state index contributed by atoms with van der Waals surface area (Å²) in [5.74, 6) is -24.6. The van der Waals surface area contributed by atoms with E-state index in [9.17, 15) is 68.0 Å². The second-order valence-corrected chi connectivity index (χ2v) is 14.2. The third-order valence-electron chi connectivity index (χ3n) is 8.92. The third kappa shape index (κ3) is 8.00. The molecule has 5 rings (SSSR count). The summed E-state index contributed by atoms with van der Waals surface area (Å²) >= 11 is 0. The van der Waals surface area contributed by atoms with Crippen molar-refractivity contribution in [2.45, 2.75) is 62.3 Å². The second kappa shape index (κ2) is 15.8. The summed E-state index contributed by atoms with van der Waals surface area (Å²) in [6.07, 6.45) is 2.84. The highest BCUT2D eigenvalue weighted by Gasteiger charge is 2.40. The van der Waals surface area contributed by atoms with Gasteiger partial charge < -0.3 is 20.2 Å². The van der Waals surface area contributed by atoms with Crippen LogP contribution in [-0.2, 0) is 27.9 Å². The zero-order chi connectivity index (χ0) is 38.9. The van der Waals surface area contributed by atoms with Gasteiger partial charge in [-0.15, -0.1) is 0 Å². The number of phenols is 1. The van der Waals surface area contributed by atoms with Crippen LogP contribution in [0.2, 0.25) is 0 Å². The molecule has 0 radical (unpaired) electrons. The summed E-state index contributed by atoms with van der Waals surface area (Å²) in [7, 11) is -6.18. The summed E-state index contributed by atoms with van der Waals surface area (Å²) in [4.78, 5) is 12.3. The van der Waals surface area contributed by atoms with Gasteiger partial charge in [-0.05, 0) is 42.0 Å². The highest BCUT2D eigenvalue weighted by Crippen LogP contribution is 2.35. The molecular weight excluding hydrogens is 747 g/mol. The predicted octanol–water partition coefficient (Wildman–Crippen LogP) is 7.10. The van der Waals surface area contributed by atoms with Crippen molar-refractivity contribution in [1.29, 1.82) is 0 Å². The Kier molecular flexibility index (Phi) is 11.8. The Morgan fingerprint density at radius 2 is 1.30 bits per heavy atom. The highest BCUT2D eigenvalue weighted by molar-refractivity contribution is 7.89. The lowest BCUT2D eigenvalue weighted by Gasteiger charge is -2.28. The van der Waals surface area contributed by atoms with Crippen molar-refractivity contribution in [2.75, 3.05) is 11.4 Å². The minimum Gasteiger partial charge on any atom is -0.507 e. The first-order valence-corrected chi connectivity index (χ1v) is 17.3. The van der Waals surface area contributed by atoms with Crippen LogP contribution in [0, 0.1) is 52.4 Å². The van der Waals surface area contributed by atoms with E-state index in [1.165, 1.54) is 0 Å². The predicted molar refractivity (Wildman–Crippen MR) is 169 cm³/mol. The van der Waals surface area contributed by atoms with E-state index in [0.29, 0.717) is 5.56 Å². The Labute approximate surface area is 296 Å². The van der Waals surface area contributed by atoms with Crippen molar-refractivity contribution in [3.63, 3.8) is 0 Å². The molecule has 1 aliphatic rings. The van der Waals surface area contributed by atoms with Crippen molar-refractivity contribution in [1.82, 2.24) is 4.31 Å². The zero-order valence-corrected chi connectivity index (χ0v) is 28.0. The van der Waals surface area contributed by atoms with Crippen LogP contribution < -0.4 is 4.90 Å². The first-order chi connectivity index (χ1) is 24.9. The van der Waals surface area contributed by atoms with E-state index in [0.717, 1.165) is 60.8 Å². The topological polar surface area (TPSA) is 118 Å². The van der Waals surface area contributed by atoms with Crippen molar-refractivity contribution < 1.29 is 68.0 Å². The molecule has 0 aromatic heterocycles. The van der Waals surface area contributed by atoms with E-state index < -0.39 is 120 Å². The van der Waals surface area contributed by atoms with Gasteiger partial charge in [0.2, 0.25) is 21.7 Å². The van der Waals surface area contributed by atoms with Crippen LogP contribution in [0.5, 0.6) is 5.75 Å². The Bertz CT molecular complexity index is 2120. The average molecular weight is 777 g/mol. The Morgan fingerprint density at radius 3 is 1.87 bits per heavy atom. The van der Waals surface area contributed by atoms with E-state index in [1.807, 2.05) is 0 Å². The number of sulfonamides is 1. The molecule has 53 heavy (non-hydrogen) atoms. The van der Waals surface area contributed by atoms with Gasteiger partial charge in [0.05, 0.1) is 13.1 Å². The Hall–Kier alpha value is -4.65. The average Bonchev–Trinajstić information content (AvgIpc) is 3.12. The number of aromatic hydroxyl groups is 1. The van der Waals surface area contributed by atoms with Crippen LogP contribution in [0.1, 0.15) is 66.6 Å². The first kappa shape index (κ1) is 39.6. The SMILES string of the molecule is O=C(CN(Cc1c(F)cc(F)c(F)c1F)S(=O)(=O)c1c(F)c(F)c(F)c(F)c1F)N(Cc1ccc(C2CCCCC2)cc1)c1ccc(C(O)O)c(O)c1. The molecule has 0 heterocycles.